The molecule has 0 saturated carbocycles. The lowest BCUT2D eigenvalue weighted by molar-refractivity contribution is 0.0954. The van der Waals surface area contributed by atoms with Gasteiger partial charge in [-0.2, -0.15) is 5.26 Å². The third-order valence-corrected chi connectivity index (χ3v) is 5.37. The van der Waals surface area contributed by atoms with Crippen molar-refractivity contribution in [3.63, 3.8) is 0 Å². The minimum absolute atomic E-state index is 0.0712. The van der Waals surface area contributed by atoms with Gasteiger partial charge in [-0.25, -0.2) is 19.4 Å². The third-order valence-electron chi connectivity index (χ3n) is 4.76. The summed E-state index contributed by atoms with van der Waals surface area (Å²) in [7, 11) is 1.58. The molecule has 2 N–H and O–H groups in total. The van der Waals surface area contributed by atoms with Gasteiger partial charge in [0.2, 0.25) is 0 Å². The molecule has 3 rings (SSSR count). The van der Waals surface area contributed by atoms with E-state index in [0.29, 0.717) is 17.6 Å². The van der Waals surface area contributed by atoms with Crippen molar-refractivity contribution >= 4 is 41.0 Å². The highest BCUT2D eigenvalue weighted by atomic mass is 35.5. The Hall–Kier alpha value is -4.01. The molecule has 11 nitrogen and oxygen atoms in total. The minimum Gasteiger partial charge on any atom is -0.441 e. The van der Waals surface area contributed by atoms with Gasteiger partial charge in [-0.1, -0.05) is 41.1 Å². The number of nitriles is 1. The zero-order valence-corrected chi connectivity index (χ0v) is 20.3. The molecule has 0 spiro atoms. The topological polar surface area (TPSA) is 148 Å². The van der Waals surface area contributed by atoms with Crippen LogP contribution in [-0.2, 0) is 11.8 Å². The standard InChI is InChI=1S/C22H20Cl2N8O3/c1-12(11-25)8-10-27-21(33)15-6-7-16(28-19(15)24)17-20(32(3)31-30-17)29-22(34)35-13(2)14-5-4-9-26-18(14)23/h4-7,9,13H,1,8,10H2,2-3H3,(H,27,33)(H,29,34)/t13-/m1/s1. The number of carbonyl (C=O) groups is 2. The van der Waals surface area contributed by atoms with Crippen molar-refractivity contribution in [2.45, 2.75) is 19.4 Å². The third kappa shape index (κ3) is 6.32. The number of hydrogen-bond acceptors (Lipinski definition) is 8. The molecule has 0 aliphatic rings. The van der Waals surface area contributed by atoms with Crippen LogP contribution in [0.3, 0.4) is 0 Å². The van der Waals surface area contributed by atoms with Gasteiger partial charge in [0.15, 0.2) is 11.5 Å². The van der Waals surface area contributed by atoms with Gasteiger partial charge in [0.1, 0.15) is 16.4 Å². The number of pyridine rings is 2. The second kappa shape index (κ2) is 11.4. The van der Waals surface area contributed by atoms with E-state index in [0.717, 1.165) is 0 Å². The van der Waals surface area contributed by atoms with E-state index in [2.05, 4.69) is 37.5 Å². The van der Waals surface area contributed by atoms with Gasteiger partial charge in [-0.15, -0.1) is 5.10 Å². The maximum absolute atomic E-state index is 12.5. The fourth-order valence-corrected chi connectivity index (χ4v) is 3.45. The number of aromatic nitrogens is 5. The molecule has 3 heterocycles. The maximum atomic E-state index is 12.5. The molecule has 3 aromatic heterocycles. The summed E-state index contributed by atoms with van der Waals surface area (Å²) in [6, 6.07) is 8.29. The van der Waals surface area contributed by atoms with Crippen LogP contribution in [0.4, 0.5) is 10.6 Å². The Morgan fingerprint density at radius 2 is 2.06 bits per heavy atom. The van der Waals surface area contributed by atoms with E-state index < -0.39 is 18.1 Å². The smallest absolute Gasteiger partial charge is 0.413 e. The van der Waals surface area contributed by atoms with Crippen LogP contribution in [0.15, 0.2) is 42.6 Å². The molecule has 0 saturated heterocycles. The normalized spacial score (nSPS) is 11.3. The van der Waals surface area contributed by atoms with E-state index in [-0.39, 0.29) is 39.6 Å². The van der Waals surface area contributed by atoms with Crippen molar-refractivity contribution in [2.24, 2.45) is 7.05 Å². The molecule has 1 atom stereocenters. The Bertz CT molecular complexity index is 1320. The molecular weight excluding hydrogens is 495 g/mol. The zero-order valence-electron chi connectivity index (χ0n) is 18.7. The highest BCUT2D eigenvalue weighted by molar-refractivity contribution is 6.32. The number of aryl methyl sites for hydroxylation is 1. The Morgan fingerprint density at radius 1 is 1.29 bits per heavy atom. The van der Waals surface area contributed by atoms with Crippen LogP contribution in [0.1, 0.15) is 35.4 Å². The average Bonchev–Trinajstić information content (AvgIpc) is 3.18. The highest BCUT2D eigenvalue weighted by Crippen LogP contribution is 2.28. The number of hydrogen-bond donors (Lipinski definition) is 2. The average molecular weight is 515 g/mol. The zero-order chi connectivity index (χ0) is 25.5. The van der Waals surface area contributed by atoms with Gasteiger partial charge in [0.25, 0.3) is 5.91 Å². The van der Waals surface area contributed by atoms with Gasteiger partial charge in [-0.05, 0) is 31.5 Å². The second-order valence-electron chi connectivity index (χ2n) is 7.22. The number of anilines is 1. The van der Waals surface area contributed by atoms with Crippen LogP contribution in [0.2, 0.25) is 10.3 Å². The van der Waals surface area contributed by atoms with Crippen LogP contribution >= 0.6 is 23.2 Å². The van der Waals surface area contributed by atoms with Crippen molar-refractivity contribution in [1.29, 1.82) is 5.26 Å². The van der Waals surface area contributed by atoms with Gasteiger partial charge >= 0.3 is 6.09 Å². The number of nitrogens with one attached hydrogen (secondary N) is 2. The van der Waals surface area contributed by atoms with Gasteiger partial charge in [0.05, 0.1) is 17.3 Å². The van der Waals surface area contributed by atoms with E-state index in [1.807, 2.05) is 6.07 Å². The van der Waals surface area contributed by atoms with E-state index in [1.54, 1.807) is 26.1 Å². The first-order valence-electron chi connectivity index (χ1n) is 10.2. The maximum Gasteiger partial charge on any atom is 0.413 e. The first-order chi connectivity index (χ1) is 16.7. The number of carbonyl (C=O) groups excluding carboxylic acids is 2. The summed E-state index contributed by atoms with van der Waals surface area (Å²) in [5.74, 6) is -0.251. The van der Waals surface area contributed by atoms with E-state index >= 15 is 0 Å². The molecule has 3 aromatic rings. The van der Waals surface area contributed by atoms with Crippen LogP contribution < -0.4 is 10.6 Å². The Labute approximate surface area is 210 Å². The molecule has 35 heavy (non-hydrogen) atoms. The van der Waals surface area contributed by atoms with Crippen LogP contribution in [-0.4, -0.2) is 43.5 Å². The number of amides is 2. The second-order valence-corrected chi connectivity index (χ2v) is 7.94. The predicted octanol–water partition coefficient (Wildman–Crippen LogP) is 4.09. The molecule has 0 aliphatic heterocycles. The largest absolute Gasteiger partial charge is 0.441 e. The lowest BCUT2D eigenvalue weighted by Gasteiger charge is -2.15. The molecule has 0 aliphatic carbocycles. The van der Waals surface area contributed by atoms with Crippen molar-refractivity contribution in [1.82, 2.24) is 30.3 Å². The minimum atomic E-state index is -0.773. The first-order valence-corrected chi connectivity index (χ1v) is 11.0. The molecule has 180 valence electrons. The molecule has 0 unspecified atom stereocenters. The van der Waals surface area contributed by atoms with Crippen LogP contribution in [0.25, 0.3) is 11.4 Å². The number of ether oxygens (including phenoxy) is 1. The molecule has 0 bridgehead atoms. The van der Waals surface area contributed by atoms with E-state index in [4.69, 9.17) is 33.2 Å². The van der Waals surface area contributed by atoms with Crippen LogP contribution in [0.5, 0.6) is 0 Å². The molecule has 0 fully saturated rings. The van der Waals surface area contributed by atoms with E-state index in [9.17, 15) is 9.59 Å². The lowest BCUT2D eigenvalue weighted by atomic mass is 10.2. The molecule has 0 aromatic carbocycles. The lowest BCUT2D eigenvalue weighted by Crippen LogP contribution is -2.25. The summed E-state index contributed by atoms with van der Waals surface area (Å²) in [6.07, 6.45) is 0.411. The summed E-state index contributed by atoms with van der Waals surface area (Å²) in [5.41, 5.74) is 1.53. The summed E-state index contributed by atoms with van der Waals surface area (Å²) in [4.78, 5) is 33.1. The highest BCUT2D eigenvalue weighted by Gasteiger charge is 2.22. The molecule has 13 heteroatoms. The quantitative estimate of drug-likeness (QED) is 0.337. The Morgan fingerprint density at radius 3 is 2.74 bits per heavy atom. The van der Waals surface area contributed by atoms with Gasteiger partial charge < -0.3 is 10.1 Å². The van der Waals surface area contributed by atoms with Gasteiger partial charge in [-0.3, -0.25) is 10.1 Å². The Balaban J connectivity index is 1.73. The van der Waals surface area contributed by atoms with Crippen molar-refractivity contribution < 1.29 is 14.3 Å². The van der Waals surface area contributed by atoms with Crippen molar-refractivity contribution in [3.05, 3.63) is 64.0 Å². The van der Waals surface area contributed by atoms with E-state index in [1.165, 1.54) is 23.0 Å². The number of nitrogens with zero attached hydrogens (tertiary/aromatic N) is 6. The summed E-state index contributed by atoms with van der Waals surface area (Å²) < 4.78 is 6.73. The fourth-order valence-electron chi connectivity index (χ4n) is 2.94. The van der Waals surface area contributed by atoms with Crippen molar-refractivity contribution in [2.75, 3.05) is 11.9 Å². The number of rotatable bonds is 8. The summed E-state index contributed by atoms with van der Waals surface area (Å²) >= 11 is 12.3. The summed E-state index contributed by atoms with van der Waals surface area (Å²) in [6.45, 7) is 5.45. The monoisotopic (exact) mass is 514 g/mol. The van der Waals surface area contributed by atoms with Gasteiger partial charge in [0, 0.05) is 30.9 Å². The Kier molecular flexibility index (Phi) is 8.35. The molecular formula is C22H20Cl2N8O3. The summed E-state index contributed by atoms with van der Waals surface area (Å²) in [5, 5.41) is 22.1. The predicted molar refractivity (Wildman–Crippen MR) is 129 cm³/mol. The molecule has 2 amide bonds. The van der Waals surface area contributed by atoms with Crippen LogP contribution in [0, 0.1) is 11.3 Å². The SMILES string of the molecule is C=C(C#N)CCNC(=O)c1ccc(-c2nnn(C)c2NC(=O)O[C@H](C)c2cccnc2Cl)nc1Cl. The number of halogens is 2. The molecule has 0 radical (unpaired) electrons. The first kappa shape index (κ1) is 25.6. The fraction of sp³-hybridized carbons (Fsp3) is 0.227. The van der Waals surface area contributed by atoms with Crippen molar-refractivity contribution in [3.8, 4) is 17.5 Å².